The molecule has 20 heavy (non-hydrogen) atoms. The second kappa shape index (κ2) is 5.64. The normalized spacial score (nSPS) is 11.2. The number of hydrogen-bond donors (Lipinski definition) is 2. The van der Waals surface area contributed by atoms with E-state index < -0.39 is 10.0 Å². The lowest BCUT2D eigenvalue weighted by molar-refractivity contribution is 0.600. The first-order valence-corrected chi connectivity index (χ1v) is 7.57. The Labute approximate surface area is 122 Å². The lowest BCUT2D eigenvalue weighted by atomic mass is 10.2. The van der Waals surface area contributed by atoms with Crippen LogP contribution >= 0.6 is 11.6 Å². The van der Waals surface area contributed by atoms with Gasteiger partial charge in [0, 0.05) is 12.1 Å². The molecule has 0 aliphatic heterocycles. The second-order valence-electron chi connectivity index (χ2n) is 4.06. The van der Waals surface area contributed by atoms with Gasteiger partial charge in [0.15, 0.2) is 0 Å². The summed E-state index contributed by atoms with van der Waals surface area (Å²) >= 11 is 5.96. The molecule has 0 radical (unpaired) electrons. The Morgan fingerprint density at radius 3 is 2.40 bits per heavy atom. The maximum atomic E-state index is 12.1. The summed E-state index contributed by atoms with van der Waals surface area (Å²) in [6, 6.07) is 4.93. The highest BCUT2D eigenvalue weighted by Crippen LogP contribution is 2.22. The summed E-state index contributed by atoms with van der Waals surface area (Å²) in [7, 11) is -2.08. The number of nitrogens with zero attached hydrogens (tertiary/aromatic N) is 2. The Morgan fingerprint density at radius 2 is 1.85 bits per heavy atom. The summed E-state index contributed by atoms with van der Waals surface area (Å²) in [4.78, 5) is 7.72. The van der Waals surface area contributed by atoms with Crippen molar-refractivity contribution in [1.82, 2.24) is 9.97 Å². The van der Waals surface area contributed by atoms with Gasteiger partial charge in [-0.3, -0.25) is 4.72 Å². The molecule has 0 saturated heterocycles. The third-order valence-corrected chi connectivity index (χ3v) is 4.33. The SMILES string of the molecule is CNc1ncc(S(=O)(=O)Nc2ccc(C)c(Cl)c2)cn1. The molecule has 8 heteroatoms. The van der Waals surface area contributed by atoms with Gasteiger partial charge < -0.3 is 5.32 Å². The maximum Gasteiger partial charge on any atom is 0.264 e. The Hall–Kier alpha value is -1.86. The molecular weight excluding hydrogens is 300 g/mol. The van der Waals surface area contributed by atoms with Crippen LogP contribution in [0.15, 0.2) is 35.5 Å². The Balaban J connectivity index is 2.27. The van der Waals surface area contributed by atoms with Gasteiger partial charge in [0.1, 0.15) is 4.90 Å². The lowest BCUT2D eigenvalue weighted by Crippen LogP contribution is -2.14. The summed E-state index contributed by atoms with van der Waals surface area (Å²) in [5.41, 5.74) is 1.26. The van der Waals surface area contributed by atoms with Gasteiger partial charge in [-0.1, -0.05) is 17.7 Å². The number of aryl methyl sites for hydroxylation is 1. The Kier molecular flexibility index (Phi) is 4.10. The van der Waals surface area contributed by atoms with Gasteiger partial charge in [-0.2, -0.15) is 0 Å². The van der Waals surface area contributed by atoms with Crippen molar-refractivity contribution in [3.05, 3.63) is 41.2 Å². The van der Waals surface area contributed by atoms with Crippen LogP contribution in [0.1, 0.15) is 5.56 Å². The molecule has 0 aliphatic carbocycles. The van der Waals surface area contributed by atoms with Gasteiger partial charge in [0.2, 0.25) is 5.95 Å². The standard InChI is InChI=1S/C12H13ClN4O2S/c1-8-3-4-9(5-11(8)13)17-20(18,19)10-6-15-12(14-2)16-7-10/h3-7,17H,1-2H3,(H,14,15,16). The zero-order chi connectivity index (χ0) is 14.8. The smallest absolute Gasteiger partial charge is 0.264 e. The van der Waals surface area contributed by atoms with Gasteiger partial charge >= 0.3 is 0 Å². The summed E-state index contributed by atoms with van der Waals surface area (Å²) in [5.74, 6) is 0.349. The van der Waals surface area contributed by atoms with E-state index >= 15 is 0 Å². The second-order valence-corrected chi connectivity index (χ2v) is 6.15. The topological polar surface area (TPSA) is 84.0 Å². The quantitative estimate of drug-likeness (QED) is 0.905. The molecule has 6 nitrogen and oxygen atoms in total. The van der Waals surface area contributed by atoms with Crippen LogP contribution in [0, 0.1) is 6.92 Å². The number of sulfonamides is 1. The van der Waals surface area contributed by atoms with E-state index in [2.05, 4.69) is 20.0 Å². The van der Waals surface area contributed by atoms with Crippen molar-refractivity contribution in [3.8, 4) is 0 Å². The molecule has 1 aromatic heterocycles. The van der Waals surface area contributed by atoms with E-state index in [1.54, 1.807) is 25.2 Å². The molecule has 2 rings (SSSR count). The molecule has 2 aromatic rings. The van der Waals surface area contributed by atoms with Gasteiger partial charge in [-0.05, 0) is 24.6 Å². The summed E-state index contributed by atoms with van der Waals surface area (Å²) in [6.45, 7) is 1.84. The zero-order valence-electron chi connectivity index (χ0n) is 10.9. The van der Waals surface area contributed by atoms with Crippen LogP contribution in [0.4, 0.5) is 11.6 Å². The molecular formula is C12H13ClN4O2S. The fraction of sp³-hybridized carbons (Fsp3) is 0.167. The van der Waals surface area contributed by atoms with E-state index in [0.717, 1.165) is 5.56 Å². The van der Waals surface area contributed by atoms with E-state index in [4.69, 9.17) is 11.6 Å². The fourth-order valence-corrected chi connectivity index (χ4v) is 2.57. The minimum Gasteiger partial charge on any atom is -0.357 e. The molecule has 0 bridgehead atoms. The first-order valence-electron chi connectivity index (χ1n) is 5.71. The third-order valence-electron chi connectivity index (χ3n) is 2.59. The van der Waals surface area contributed by atoms with Gasteiger partial charge in [-0.15, -0.1) is 0 Å². The molecule has 1 heterocycles. The van der Waals surface area contributed by atoms with Crippen LogP contribution in [0.5, 0.6) is 0 Å². The van der Waals surface area contributed by atoms with E-state index in [1.807, 2.05) is 6.92 Å². The summed E-state index contributed by atoms with van der Waals surface area (Å²) < 4.78 is 26.7. The minimum absolute atomic E-state index is 0.0202. The predicted octanol–water partition coefficient (Wildman–Crippen LogP) is 2.28. The van der Waals surface area contributed by atoms with Crippen molar-refractivity contribution in [3.63, 3.8) is 0 Å². The third kappa shape index (κ3) is 3.17. The Bertz CT molecular complexity index is 717. The number of aromatic nitrogens is 2. The van der Waals surface area contributed by atoms with Gasteiger partial charge in [0.25, 0.3) is 10.0 Å². The summed E-state index contributed by atoms with van der Waals surface area (Å²) in [6.07, 6.45) is 2.47. The van der Waals surface area contributed by atoms with Crippen LogP contribution in [-0.2, 0) is 10.0 Å². The van der Waals surface area contributed by atoms with Crippen LogP contribution in [0.2, 0.25) is 5.02 Å². The number of rotatable bonds is 4. The average molecular weight is 313 g/mol. The molecule has 0 spiro atoms. The van der Waals surface area contributed by atoms with Crippen LogP contribution in [0.3, 0.4) is 0 Å². The van der Waals surface area contributed by atoms with Crippen LogP contribution in [0.25, 0.3) is 0 Å². The van der Waals surface area contributed by atoms with E-state index in [1.165, 1.54) is 12.4 Å². The number of halogens is 1. The number of hydrogen-bond acceptors (Lipinski definition) is 5. The highest BCUT2D eigenvalue weighted by molar-refractivity contribution is 7.92. The van der Waals surface area contributed by atoms with E-state index in [-0.39, 0.29) is 4.90 Å². The average Bonchev–Trinajstić information content (AvgIpc) is 2.43. The van der Waals surface area contributed by atoms with Gasteiger partial charge in [0.05, 0.1) is 18.1 Å². The largest absolute Gasteiger partial charge is 0.357 e. The minimum atomic E-state index is -3.73. The molecule has 0 atom stereocenters. The van der Waals surface area contributed by atoms with E-state index in [0.29, 0.717) is 16.7 Å². The van der Waals surface area contributed by atoms with Crippen molar-refractivity contribution in [2.75, 3.05) is 17.1 Å². The first kappa shape index (κ1) is 14.5. The lowest BCUT2D eigenvalue weighted by Gasteiger charge is -2.09. The highest BCUT2D eigenvalue weighted by atomic mass is 35.5. The predicted molar refractivity (Wildman–Crippen MR) is 78.6 cm³/mol. The molecule has 0 amide bonds. The molecule has 1 aromatic carbocycles. The van der Waals surface area contributed by atoms with Crippen LogP contribution in [-0.4, -0.2) is 25.4 Å². The number of anilines is 2. The fourth-order valence-electron chi connectivity index (χ4n) is 1.45. The Morgan fingerprint density at radius 1 is 1.20 bits per heavy atom. The monoisotopic (exact) mass is 312 g/mol. The molecule has 106 valence electrons. The van der Waals surface area contributed by atoms with Crippen molar-refractivity contribution >= 4 is 33.3 Å². The maximum absolute atomic E-state index is 12.1. The molecule has 0 unspecified atom stereocenters. The van der Waals surface area contributed by atoms with Crippen LogP contribution < -0.4 is 10.0 Å². The van der Waals surface area contributed by atoms with Crippen molar-refractivity contribution in [1.29, 1.82) is 0 Å². The van der Waals surface area contributed by atoms with Crippen molar-refractivity contribution < 1.29 is 8.42 Å². The molecule has 0 saturated carbocycles. The van der Waals surface area contributed by atoms with Crippen molar-refractivity contribution in [2.45, 2.75) is 11.8 Å². The van der Waals surface area contributed by atoms with Gasteiger partial charge in [-0.25, -0.2) is 18.4 Å². The summed E-state index contributed by atoms with van der Waals surface area (Å²) in [5, 5.41) is 3.21. The number of nitrogens with one attached hydrogen (secondary N) is 2. The highest BCUT2D eigenvalue weighted by Gasteiger charge is 2.15. The molecule has 0 fully saturated rings. The van der Waals surface area contributed by atoms with E-state index in [9.17, 15) is 8.42 Å². The molecule has 0 aliphatic rings. The molecule has 2 N–H and O–H groups in total. The first-order chi connectivity index (χ1) is 9.42. The van der Waals surface area contributed by atoms with Crippen molar-refractivity contribution in [2.24, 2.45) is 0 Å². The number of benzene rings is 1. The zero-order valence-corrected chi connectivity index (χ0v) is 12.5.